The Morgan fingerprint density at radius 2 is 1.90 bits per heavy atom. The number of carbonyl (C=O) groups is 1. The Labute approximate surface area is 126 Å². The highest BCUT2D eigenvalue weighted by Gasteiger charge is 2.36. The fourth-order valence-electron chi connectivity index (χ4n) is 2.01. The molecule has 0 fully saturated rings. The first kappa shape index (κ1) is 17.4. The van der Waals surface area contributed by atoms with E-state index in [9.17, 15) is 18.0 Å². The molecule has 2 N–H and O–H groups in total. The second kappa shape index (κ2) is 7.40. The number of nitrogens with two attached hydrogens (primary N) is 1. The lowest BCUT2D eigenvalue weighted by molar-refractivity contribution is -0.161. The Morgan fingerprint density at radius 3 is 2.33 bits per heavy atom. The van der Waals surface area contributed by atoms with Gasteiger partial charge in [-0.25, -0.2) is 0 Å². The number of carbonyl (C=O) groups excluding carboxylic acids is 1. The number of thiocarbonyl (C=S) groups is 1. The molecule has 3 nitrogen and oxygen atoms in total. The van der Waals surface area contributed by atoms with E-state index in [1.807, 2.05) is 0 Å². The number of alkyl halides is 3. The number of nitrogens with zero attached hydrogens (tertiary/aromatic N) is 1. The van der Waals surface area contributed by atoms with Gasteiger partial charge in [-0.05, 0) is 12.0 Å². The van der Waals surface area contributed by atoms with Gasteiger partial charge in [-0.3, -0.25) is 4.79 Å². The minimum absolute atomic E-state index is 0.00426. The van der Waals surface area contributed by atoms with E-state index in [4.69, 9.17) is 18.0 Å². The van der Waals surface area contributed by atoms with Crippen molar-refractivity contribution in [3.63, 3.8) is 0 Å². The molecule has 0 saturated heterocycles. The molecule has 1 aromatic carbocycles. The van der Waals surface area contributed by atoms with E-state index >= 15 is 0 Å². The van der Waals surface area contributed by atoms with Crippen molar-refractivity contribution in [3.8, 4) is 0 Å². The zero-order valence-electron chi connectivity index (χ0n) is 11.6. The standard InChI is InChI=1S/C14H17F3N2OS/c1-2-8-19(9-14(15,16)17)13(20)11(12(18)21)10-6-4-3-5-7-10/h3-7,11H,2,8-9H2,1H3,(H2,18,21). The molecule has 1 rings (SSSR count). The van der Waals surface area contributed by atoms with Crippen LogP contribution in [0.2, 0.25) is 0 Å². The fraction of sp³-hybridized carbons (Fsp3) is 0.429. The van der Waals surface area contributed by atoms with Gasteiger partial charge in [0.15, 0.2) is 0 Å². The molecule has 116 valence electrons. The van der Waals surface area contributed by atoms with Crippen molar-refractivity contribution in [2.24, 2.45) is 5.73 Å². The van der Waals surface area contributed by atoms with Gasteiger partial charge in [-0.1, -0.05) is 49.5 Å². The zero-order valence-corrected chi connectivity index (χ0v) is 12.4. The first-order chi connectivity index (χ1) is 9.76. The van der Waals surface area contributed by atoms with Gasteiger partial charge in [0.1, 0.15) is 12.5 Å². The summed E-state index contributed by atoms with van der Waals surface area (Å²) in [6.07, 6.45) is -4.04. The molecule has 0 aliphatic carbocycles. The van der Waals surface area contributed by atoms with Gasteiger partial charge in [-0.2, -0.15) is 13.2 Å². The topological polar surface area (TPSA) is 46.3 Å². The third-order valence-corrected chi connectivity index (χ3v) is 3.08. The van der Waals surface area contributed by atoms with Crippen LogP contribution in [0.4, 0.5) is 13.2 Å². The Bertz CT molecular complexity index is 491. The van der Waals surface area contributed by atoms with Crippen molar-refractivity contribution in [1.82, 2.24) is 4.90 Å². The Kier molecular flexibility index (Phi) is 6.14. The molecular formula is C14H17F3N2OS. The third kappa shape index (κ3) is 5.34. The van der Waals surface area contributed by atoms with Crippen molar-refractivity contribution in [3.05, 3.63) is 35.9 Å². The second-order valence-electron chi connectivity index (χ2n) is 4.62. The van der Waals surface area contributed by atoms with Crippen LogP contribution in [0, 0.1) is 0 Å². The van der Waals surface area contributed by atoms with Crippen molar-refractivity contribution in [2.45, 2.75) is 25.4 Å². The number of benzene rings is 1. The van der Waals surface area contributed by atoms with Gasteiger partial charge in [0.2, 0.25) is 5.91 Å². The van der Waals surface area contributed by atoms with Crippen LogP contribution in [0.25, 0.3) is 0 Å². The average molecular weight is 318 g/mol. The van der Waals surface area contributed by atoms with Crippen molar-refractivity contribution < 1.29 is 18.0 Å². The monoisotopic (exact) mass is 318 g/mol. The molecule has 0 heterocycles. The van der Waals surface area contributed by atoms with Crippen LogP contribution in [0.1, 0.15) is 24.8 Å². The maximum atomic E-state index is 12.6. The lowest BCUT2D eigenvalue weighted by Gasteiger charge is -2.27. The molecule has 1 unspecified atom stereocenters. The van der Waals surface area contributed by atoms with Crippen LogP contribution in [0.3, 0.4) is 0 Å². The third-order valence-electron chi connectivity index (χ3n) is 2.84. The summed E-state index contributed by atoms with van der Waals surface area (Å²) in [5.41, 5.74) is 6.07. The minimum Gasteiger partial charge on any atom is -0.392 e. The quantitative estimate of drug-likeness (QED) is 0.821. The molecule has 0 bridgehead atoms. The van der Waals surface area contributed by atoms with Gasteiger partial charge < -0.3 is 10.6 Å². The minimum atomic E-state index is -4.46. The lowest BCUT2D eigenvalue weighted by Crippen LogP contribution is -2.44. The summed E-state index contributed by atoms with van der Waals surface area (Å²) in [5.74, 6) is -1.75. The van der Waals surface area contributed by atoms with Crippen molar-refractivity contribution in [2.75, 3.05) is 13.1 Å². The molecular weight excluding hydrogens is 301 g/mol. The Morgan fingerprint density at radius 1 is 1.33 bits per heavy atom. The van der Waals surface area contributed by atoms with E-state index in [1.165, 1.54) is 0 Å². The van der Waals surface area contributed by atoms with Crippen LogP contribution < -0.4 is 5.73 Å². The Hall–Kier alpha value is -1.63. The summed E-state index contributed by atoms with van der Waals surface area (Å²) in [7, 11) is 0. The molecule has 0 spiro atoms. The summed E-state index contributed by atoms with van der Waals surface area (Å²) in [6, 6.07) is 8.35. The maximum absolute atomic E-state index is 12.6. The van der Waals surface area contributed by atoms with Crippen LogP contribution in [-0.2, 0) is 4.79 Å². The van der Waals surface area contributed by atoms with E-state index in [2.05, 4.69) is 0 Å². The molecule has 0 aliphatic rings. The fourth-order valence-corrected chi connectivity index (χ4v) is 2.25. The van der Waals surface area contributed by atoms with E-state index in [0.717, 1.165) is 4.90 Å². The smallest absolute Gasteiger partial charge is 0.392 e. The second-order valence-corrected chi connectivity index (χ2v) is 5.09. The average Bonchev–Trinajstić information content (AvgIpc) is 2.37. The summed E-state index contributed by atoms with van der Waals surface area (Å²) >= 11 is 4.87. The maximum Gasteiger partial charge on any atom is 0.406 e. The number of hydrogen-bond donors (Lipinski definition) is 1. The number of halogens is 3. The van der Waals surface area contributed by atoms with E-state index in [0.29, 0.717) is 12.0 Å². The summed E-state index contributed by atoms with van der Waals surface area (Å²) < 4.78 is 37.8. The van der Waals surface area contributed by atoms with Gasteiger partial charge >= 0.3 is 6.18 Å². The van der Waals surface area contributed by atoms with Gasteiger partial charge in [-0.15, -0.1) is 0 Å². The van der Waals surface area contributed by atoms with Crippen LogP contribution in [0.15, 0.2) is 30.3 Å². The van der Waals surface area contributed by atoms with Crippen molar-refractivity contribution in [1.29, 1.82) is 0 Å². The SMILES string of the molecule is CCCN(CC(F)(F)F)C(=O)C(C(N)=S)c1ccccc1. The zero-order chi connectivity index (χ0) is 16.0. The molecule has 7 heteroatoms. The molecule has 1 aromatic rings. The molecule has 0 aromatic heterocycles. The first-order valence-corrected chi connectivity index (χ1v) is 6.87. The van der Waals surface area contributed by atoms with Crippen LogP contribution in [-0.4, -0.2) is 35.1 Å². The highest BCUT2D eigenvalue weighted by atomic mass is 32.1. The highest BCUT2D eigenvalue weighted by molar-refractivity contribution is 7.80. The molecule has 1 amide bonds. The molecule has 0 aliphatic heterocycles. The molecule has 21 heavy (non-hydrogen) atoms. The molecule has 0 saturated carbocycles. The van der Waals surface area contributed by atoms with E-state index in [1.54, 1.807) is 37.3 Å². The van der Waals surface area contributed by atoms with Gasteiger partial charge in [0, 0.05) is 6.54 Å². The normalized spacial score (nSPS) is 12.8. The molecule has 1 atom stereocenters. The van der Waals surface area contributed by atoms with Crippen LogP contribution >= 0.6 is 12.2 Å². The van der Waals surface area contributed by atoms with Gasteiger partial charge in [0.05, 0.1) is 4.99 Å². The van der Waals surface area contributed by atoms with Crippen molar-refractivity contribution >= 4 is 23.1 Å². The summed E-state index contributed by atoms with van der Waals surface area (Å²) in [5, 5.41) is 0. The number of rotatable bonds is 6. The number of hydrogen-bond acceptors (Lipinski definition) is 2. The summed E-state index contributed by atoms with van der Waals surface area (Å²) in [4.78, 5) is 13.0. The van der Waals surface area contributed by atoms with E-state index < -0.39 is 24.5 Å². The number of amides is 1. The lowest BCUT2D eigenvalue weighted by atomic mass is 9.97. The Balaban J connectivity index is 3.05. The van der Waals surface area contributed by atoms with Crippen LogP contribution in [0.5, 0.6) is 0 Å². The van der Waals surface area contributed by atoms with Gasteiger partial charge in [0.25, 0.3) is 0 Å². The predicted octanol–water partition coefficient (Wildman–Crippen LogP) is 2.86. The predicted molar refractivity (Wildman–Crippen MR) is 78.9 cm³/mol. The largest absolute Gasteiger partial charge is 0.406 e. The summed E-state index contributed by atoms with van der Waals surface area (Å²) in [6.45, 7) is 0.408. The molecule has 0 radical (unpaired) electrons. The van der Waals surface area contributed by atoms with E-state index in [-0.39, 0.29) is 11.5 Å². The first-order valence-electron chi connectivity index (χ1n) is 6.46. The highest BCUT2D eigenvalue weighted by Crippen LogP contribution is 2.23.